The molecule has 0 aliphatic carbocycles. The molecule has 0 bridgehead atoms. The number of ether oxygens (including phenoxy) is 2. The van der Waals surface area contributed by atoms with E-state index in [2.05, 4.69) is 10.3 Å². The lowest BCUT2D eigenvalue weighted by Gasteiger charge is -2.09. The zero-order valence-electron chi connectivity index (χ0n) is 13.3. The maximum atomic E-state index is 12.6. The predicted molar refractivity (Wildman–Crippen MR) is 96.9 cm³/mol. The average Bonchev–Trinajstić information content (AvgIpc) is 3.02. The van der Waals surface area contributed by atoms with E-state index in [1.54, 1.807) is 25.3 Å². The van der Waals surface area contributed by atoms with Crippen LogP contribution in [0.25, 0.3) is 10.2 Å². The number of hydrogen-bond acceptors (Lipinski definition) is 5. The highest BCUT2D eigenvalue weighted by molar-refractivity contribution is 7.23. The molecule has 0 spiro atoms. The standard InChI is InChI=1S/C17H15ClN2O3S/c1-9-4-6-12(18)15-14(9)19-17(24-15)20-16(21)11-8-10(22-2)5-7-13(11)23-3/h4-8H,1-3H3,(H,19,20,21). The van der Waals surface area contributed by atoms with Crippen LogP contribution in [0.4, 0.5) is 5.13 Å². The molecule has 1 heterocycles. The number of amides is 1. The Kier molecular flexibility index (Phi) is 4.59. The van der Waals surface area contributed by atoms with E-state index >= 15 is 0 Å². The van der Waals surface area contributed by atoms with E-state index in [0.717, 1.165) is 15.8 Å². The van der Waals surface area contributed by atoms with Crippen LogP contribution >= 0.6 is 22.9 Å². The molecule has 0 radical (unpaired) electrons. The molecule has 0 saturated heterocycles. The number of methoxy groups -OCH3 is 2. The van der Waals surface area contributed by atoms with E-state index < -0.39 is 0 Å². The number of hydrogen-bond donors (Lipinski definition) is 1. The number of rotatable bonds is 4. The van der Waals surface area contributed by atoms with Crippen LogP contribution in [-0.2, 0) is 0 Å². The Hall–Kier alpha value is -2.31. The summed E-state index contributed by atoms with van der Waals surface area (Å²) in [6, 6.07) is 8.78. The fourth-order valence-corrected chi connectivity index (χ4v) is 3.52. The molecule has 0 unspecified atom stereocenters. The van der Waals surface area contributed by atoms with Crippen LogP contribution in [0.5, 0.6) is 11.5 Å². The van der Waals surface area contributed by atoms with Crippen LogP contribution < -0.4 is 14.8 Å². The topological polar surface area (TPSA) is 60.5 Å². The lowest BCUT2D eigenvalue weighted by Crippen LogP contribution is -2.13. The van der Waals surface area contributed by atoms with Gasteiger partial charge < -0.3 is 9.47 Å². The third-order valence-electron chi connectivity index (χ3n) is 3.57. The highest BCUT2D eigenvalue weighted by Gasteiger charge is 2.17. The summed E-state index contributed by atoms with van der Waals surface area (Å²) in [6.07, 6.45) is 0. The van der Waals surface area contributed by atoms with Gasteiger partial charge in [0.25, 0.3) is 5.91 Å². The third-order valence-corrected chi connectivity index (χ3v) is 5.00. The molecular weight excluding hydrogens is 348 g/mol. The number of anilines is 1. The zero-order valence-corrected chi connectivity index (χ0v) is 14.9. The van der Waals surface area contributed by atoms with Gasteiger partial charge in [0.15, 0.2) is 5.13 Å². The first-order valence-corrected chi connectivity index (χ1v) is 8.32. The van der Waals surface area contributed by atoms with E-state index in [9.17, 15) is 4.79 Å². The van der Waals surface area contributed by atoms with Gasteiger partial charge in [-0.25, -0.2) is 4.98 Å². The minimum atomic E-state index is -0.321. The predicted octanol–water partition coefficient (Wildman–Crippen LogP) is 4.53. The number of aryl methyl sites for hydroxylation is 1. The molecule has 5 nitrogen and oxygen atoms in total. The maximum Gasteiger partial charge on any atom is 0.261 e. The summed E-state index contributed by atoms with van der Waals surface area (Å²) >= 11 is 7.54. The normalized spacial score (nSPS) is 10.7. The molecule has 2 aromatic carbocycles. The second-order valence-corrected chi connectivity index (χ2v) is 6.49. The van der Waals surface area contributed by atoms with Crippen LogP contribution in [0.15, 0.2) is 30.3 Å². The summed E-state index contributed by atoms with van der Waals surface area (Å²) in [4.78, 5) is 17.1. The number of thiazole rings is 1. The van der Waals surface area contributed by atoms with Gasteiger partial charge >= 0.3 is 0 Å². The van der Waals surface area contributed by atoms with Gasteiger partial charge in [-0.3, -0.25) is 10.1 Å². The van der Waals surface area contributed by atoms with Gasteiger partial charge in [-0.15, -0.1) is 0 Å². The molecule has 1 N–H and O–H groups in total. The van der Waals surface area contributed by atoms with Crippen molar-refractivity contribution in [2.24, 2.45) is 0 Å². The molecule has 0 aliphatic rings. The molecule has 7 heteroatoms. The number of carbonyl (C=O) groups is 1. The van der Waals surface area contributed by atoms with Gasteiger partial charge in [0.2, 0.25) is 0 Å². The van der Waals surface area contributed by atoms with Crippen LogP contribution in [0.3, 0.4) is 0 Å². The Balaban J connectivity index is 1.95. The number of aromatic nitrogens is 1. The van der Waals surface area contributed by atoms with E-state index in [4.69, 9.17) is 21.1 Å². The number of fused-ring (bicyclic) bond motifs is 1. The molecule has 0 aliphatic heterocycles. The number of nitrogens with one attached hydrogen (secondary N) is 1. The highest BCUT2D eigenvalue weighted by atomic mass is 35.5. The fourth-order valence-electron chi connectivity index (χ4n) is 2.31. The lowest BCUT2D eigenvalue weighted by atomic mass is 10.1. The van der Waals surface area contributed by atoms with Crippen LogP contribution in [0.2, 0.25) is 5.02 Å². The van der Waals surface area contributed by atoms with Gasteiger partial charge in [0.05, 0.1) is 35.0 Å². The number of halogens is 1. The van der Waals surface area contributed by atoms with Crippen LogP contribution in [0, 0.1) is 6.92 Å². The van der Waals surface area contributed by atoms with Gasteiger partial charge in [-0.05, 0) is 36.8 Å². The second kappa shape index (κ2) is 6.67. The van der Waals surface area contributed by atoms with Crippen molar-refractivity contribution >= 4 is 44.2 Å². The summed E-state index contributed by atoms with van der Waals surface area (Å²) in [5, 5.41) is 3.90. The SMILES string of the molecule is COc1ccc(OC)c(C(=O)Nc2nc3c(C)ccc(Cl)c3s2)c1. The highest BCUT2D eigenvalue weighted by Crippen LogP contribution is 2.34. The van der Waals surface area contributed by atoms with Crippen molar-refractivity contribution in [3.8, 4) is 11.5 Å². The lowest BCUT2D eigenvalue weighted by molar-refractivity contribution is 0.102. The molecule has 3 rings (SSSR count). The zero-order chi connectivity index (χ0) is 17.3. The first kappa shape index (κ1) is 16.5. The van der Waals surface area contributed by atoms with Crippen LogP contribution in [0.1, 0.15) is 15.9 Å². The Bertz CT molecular complexity index is 885. The van der Waals surface area contributed by atoms with Gasteiger partial charge in [-0.2, -0.15) is 0 Å². The van der Waals surface area contributed by atoms with Crippen molar-refractivity contribution < 1.29 is 14.3 Å². The second-order valence-electron chi connectivity index (χ2n) is 5.08. The molecule has 3 aromatic rings. The summed E-state index contributed by atoms with van der Waals surface area (Å²) in [5.74, 6) is 0.714. The van der Waals surface area contributed by atoms with Crippen molar-refractivity contribution in [2.75, 3.05) is 19.5 Å². The van der Waals surface area contributed by atoms with Crippen molar-refractivity contribution in [3.05, 3.63) is 46.5 Å². The van der Waals surface area contributed by atoms with Gasteiger partial charge in [0.1, 0.15) is 11.5 Å². The first-order valence-electron chi connectivity index (χ1n) is 7.12. The van der Waals surface area contributed by atoms with Gasteiger partial charge in [-0.1, -0.05) is 29.0 Å². The molecule has 1 aromatic heterocycles. The summed E-state index contributed by atoms with van der Waals surface area (Å²) in [6.45, 7) is 1.95. The Morgan fingerprint density at radius 3 is 2.67 bits per heavy atom. The van der Waals surface area contributed by atoms with E-state index in [0.29, 0.717) is 27.2 Å². The quantitative estimate of drug-likeness (QED) is 0.740. The monoisotopic (exact) mass is 362 g/mol. The summed E-state index contributed by atoms with van der Waals surface area (Å²) in [7, 11) is 3.06. The summed E-state index contributed by atoms with van der Waals surface area (Å²) < 4.78 is 11.3. The molecule has 1 amide bonds. The number of nitrogens with zero attached hydrogens (tertiary/aromatic N) is 1. The molecule has 24 heavy (non-hydrogen) atoms. The molecular formula is C17H15ClN2O3S. The van der Waals surface area contributed by atoms with E-state index in [-0.39, 0.29) is 5.91 Å². The fraction of sp³-hybridized carbons (Fsp3) is 0.176. The van der Waals surface area contributed by atoms with Gasteiger partial charge in [0, 0.05) is 0 Å². The molecule has 0 saturated carbocycles. The maximum absolute atomic E-state index is 12.6. The molecule has 0 fully saturated rings. The average molecular weight is 363 g/mol. The van der Waals surface area contributed by atoms with Crippen molar-refractivity contribution in [3.63, 3.8) is 0 Å². The smallest absolute Gasteiger partial charge is 0.261 e. The van der Waals surface area contributed by atoms with Crippen molar-refractivity contribution in [1.29, 1.82) is 0 Å². The molecule has 0 atom stereocenters. The summed E-state index contributed by atoms with van der Waals surface area (Å²) in [5.41, 5.74) is 2.17. The Labute approximate surface area is 148 Å². The number of benzene rings is 2. The van der Waals surface area contributed by atoms with E-state index in [1.165, 1.54) is 18.4 Å². The Morgan fingerprint density at radius 2 is 2.00 bits per heavy atom. The van der Waals surface area contributed by atoms with Crippen LogP contribution in [-0.4, -0.2) is 25.1 Å². The third kappa shape index (κ3) is 3.02. The Morgan fingerprint density at radius 1 is 1.21 bits per heavy atom. The minimum absolute atomic E-state index is 0.321. The number of carbonyl (C=O) groups excluding carboxylic acids is 1. The minimum Gasteiger partial charge on any atom is -0.497 e. The van der Waals surface area contributed by atoms with Crippen molar-refractivity contribution in [1.82, 2.24) is 4.98 Å². The largest absolute Gasteiger partial charge is 0.497 e. The molecule has 124 valence electrons. The van der Waals surface area contributed by atoms with Crippen molar-refractivity contribution in [2.45, 2.75) is 6.92 Å². The first-order chi connectivity index (χ1) is 11.5. The van der Waals surface area contributed by atoms with E-state index in [1.807, 2.05) is 19.1 Å².